The summed E-state index contributed by atoms with van der Waals surface area (Å²) in [6.45, 7) is 3.87. The Hall–Kier alpha value is -2.59. The molecule has 25 heavy (non-hydrogen) atoms. The molecule has 0 radical (unpaired) electrons. The van der Waals surface area contributed by atoms with E-state index in [-0.39, 0.29) is 17.3 Å². The lowest BCUT2D eigenvalue weighted by atomic mass is 10.2. The number of nitrogens with one attached hydrogen (secondary N) is 1. The van der Waals surface area contributed by atoms with Crippen molar-refractivity contribution in [3.8, 4) is 6.07 Å². The van der Waals surface area contributed by atoms with Crippen molar-refractivity contribution in [2.75, 3.05) is 58.3 Å². The highest BCUT2D eigenvalue weighted by molar-refractivity contribution is 5.97. The van der Waals surface area contributed by atoms with E-state index in [0.29, 0.717) is 32.7 Å². The summed E-state index contributed by atoms with van der Waals surface area (Å²) in [6.07, 6.45) is 1.50. The molecule has 0 aromatic heterocycles. The molecule has 2 rings (SSSR count). The molecule has 1 fully saturated rings. The van der Waals surface area contributed by atoms with E-state index in [2.05, 4.69) is 10.2 Å². The van der Waals surface area contributed by atoms with E-state index in [9.17, 15) is 14.4 Å². The number of hydrogen-bond donors (Lipinski definition) is 1. The quantitative estimate of drug-likeness (QED) is 0.474. The second-order valence-electron chi connectivity index (χ2n) is 6.18. The summed E-state index contributed by atoms with van der Waals surface area (Å²) in [5.41, 5.74) is 1.06. The molecule has 1 saturated heterocycles. The van der Waals surface area contributed by atoms with E-state index in [4.69, 9.17) is 0 Å². The Morgan fingerprint density at radius 3 is 2.48 bits per heavy atom. The fourth-order valence-electron chi connectivity index (χ4n) is 2.59. The number of likely N-dealkylation sites (N-methyl/N-ethyl adjacent to an activating group) is 1. The van der Waals surface area contributed by atoms with Gasteiger partial charge in [0.15, 0.2) is 0 Å². The smallest absolute Gasteiger partial charge is 0.266 e. The van der Waals surface area contributed by atoms with Crippen LogP contribution in [0.5, 0.6) is 0 Å². The number of carbonyl (C=O) groups excluding carboxylic acids is 1. The molecule has 1 aromatic carbocycles. The minimum atomic E-state index is -0.261. The van der Waals surface area contributed by atoms with E-state index in [1.165, 1.54) is 18.3 Å². The SMILES string of the molecule is CN(C)CCN/C=C(/C#N)C(=O)N1CCN(c2ccc(F)cc2)CC1. The van der Waals surface area contributed by atoms with Crippen molar-refractivity contribution in [3.05, 3.63) is 41.9 Å². The lowest BCUT2D eigenvalue weighted by Gasteiger charge is -2.36. The molecule has 1 amide bonds. The van der Waals surface area contributed by atoms with Crippen LogP contribution in [-0.2, 0) is 4.79 Å². The highest BCUT2D eigenvalue weighted by Gasteiger charge is 2.23. The van der Waals surface area contributed by atoms with Crippen molar-refractivity contribution < 1.29 is 9.18 Å². The van der Waals surface area contributed by atoms with Crippen LogP contribution in [-0.4, -0.2) is 69.1 Å². The summed E-state index contributed by atoms with van der Waals surface area (Å²) in [5, 5.41) is 12.2. The Labute approximate surface area is 148 Å². The first-order chi connectivity index (χ1) is 12.0. The van der Waals surface area contributed by atoms with Gasteiger partial charge in [-0.05, 0) is 38.4 Å². The lowest BCUT2D eigenvalue weighted by Crippen LogP contribution is -2.49. The molecule has 0 spiro atoms. The number of benzene rings is 1. The Balaban J connectivity index is 1.88. The van der Waals surface area contributed by atoms with Gasteiger partial charge in [0.05, 0.1) is 0 Å². The second-order valence-corrected chi connectivity index (χ2v) is 6.18. The van der Waals surface area contributed by atoms with Crippen LogP contribution in [0.3, 0.4) is 0 Å². The zero-order chi connectivity index (χ0) is 18.2. The summed E-state index contributed by atoms with van der Waals surface area (Å²) in [7, 11) is 3.92. The van der Waals surface area contributed by atoms with E-state index in [1.807, 2.05) is 25.1 Å². The molecule has 1 aromatic rings. The van der Waals surface area contributed by atoms with Crippen molar-refractivity contribution in [1.29, 1.82) is 5.26 Å². The highest BCUT2D eigenvalue weighted by atomic mass is 19.1. The van der Waals surface area contributed by atoms with Crippen molar-refractivity contribution in [2.24, 2.45) is 0 Å². The summed E-state index contributed by atoms with van der Waals surface area (Å²) in [5.74, 6) is -0.512. The van der Waals surface area contributed by atoms with Gasteiger partial charge in [0.25, 0.3) is 5.91 Å². The van der Waals surface area contributed by atoms with Crippen LogP contribution in [0.2, 0.25) is 0 Å². The maximum absolute atomic E-state index is 13.0. The number of piperazine rings is 1. The van der Waals surface area contributed by atoms with E-state index >= 15 is 0 Å². The van der Waals surface area contributed by atoms with Gasteiger partial charge in [-0.2, -0.15) is 5.26 Å². The molecular weight excluding hydrogens is 321 g/mol. The summed E-state index contributed by atoms with van der Waals surface area (Å²) in [6, 6.07) is 8.32. The standard InChI is InChI=1S/C18H24FN5O/c1-22(2)8-7-21-14-15(13-20)18(25)24-11-9-23(10-12-24)17-5-3-16(19)4-6-17/h3-6,14,21H,7-12H2,1-2H3/b15-14-. The van der Waals surface area contributed by atoms with Gasteiger partial charge in [0.2, 0.25) is 0 Å². The number of carbonyl (C=O) groups is 1. The monoisotopic (exact) mass is 345 g/mol. The number of nitrogens with zero attached hydrogens (tertiary/aromatic N) is 4. The molecule has 134 valence electrons. The number of halogens is 1. The number of hydrogen-bond acceptors (Lipinski definition) is 5. The minimum Gasteiger partial charge on any atom is -0.388 e. The van der Waals surface area contributed by atoms with Crippen LogP contribution in [0.15, 0.2) is 36.0 Å². The van der Waals surface area contributed by atoms with E-state index in [1.54, 1.807) is 17.0 Å². The van der Waals surface area contributed by atoms with Gasteiger partial charge in [-0.1, -0.05) is 0 Å². The number of rotatable bonds is 6. The molecule has 0 bridgehead atoms. The third-order valence-electron chi connectivity index (χ3n) is 4.06. The van der Waals surface area contributed by atoms with Gasteiger partial charge in [-0.3, -0.25) is 4.79 Å². The molecule has 0 saturated carbocycles. The molecule has 1 N–H and O–H groups in total. The topological polar surface area (TPSA) is 62.6 Å². The van der Waals surface area contributed by atoms with Crippen molar-refractivity contribution in [2.45, 2.75) is 0 Å². The van der Waals surface area contributed by atoms with Crippen LogP contribution in [0.25, 0.3) is 0 Å². The van der Waals surface area contributed by atoms with Crippen LogP contribution >= 0.6 is 0 Å². The number of anilines is 1. The summed E-state index contributed by atoms with van der Waals surface area (Å²) < 4.78 is 13.0. The zero-order valence-corrected chi connectivity index (χ0v) is 14.7. The Morgan fingerprint density at radius 2 is 1.92 bits per heavy atom. The highest BCUT2D eigenvalue weighted by Crippen LogP contribution is 2.17. The third kappa shape index (κ3) is 5.47. The van der Waals surface area contributed by atoms with E-state index < -0.39 is 0 Å². The van der Waals surface area contributed by atoms with Gasteiger partial charge in [-0.25, -0.2) is 4.39 Å². The van der Waals surface area contributed by atoms with Gasteiger partial charge in [0.1, 0.15) is 17.5 Å². The van der Waals surface area contributed by atoms with Crippen molar-refractivity contribution in [3.63, 3.8) is 0 Å². The third-order valence-corrected chi connectivity index (χ3v) is 4.06. The average Bonchev–Trinajstić information content (AvgIpc) is 2.62. The first-order valence-corrected chi connectivity index (χ1v) is 8.29. The fraction of sp³-hybridized carbons (Fsp3) is 0.444. The maximum atomic E-state index is 13.0. The molecule has 1 heterocycles. The first-order valence-electron chi connectivity index (χ1n) is 8.29. The largest absolute Gasteiger partial charge is 0.388 e. The van der Waals surface area contributed by atoms with Crippen LogP contribution in [0, 0.1) is 17.1 Å². The Bertz CT molecular complexity index is 642. The molecular formula is C18H24FN5O. The van der Waals surface area contributed by atoms with Gasteiger partial charge in [0, 0.05) is 51.2 Å². The van der Waals surface area contributed by atoms with Gasteiger partial charge < -0.3 is 20.0 Å². The van der Waals surface area contributed by atoms with Crippen LogP contribution < -0.4 is 10.2 Å². The normalized spacial score (nSPS) is 15.2. The molecule has 6 nitrogen and oxygen atoms in total. The first kappa shape index (κ1) is 18.7. The Morgan fingerprint density at radius 1 is 1.28 bits per heavy atom. The van der Waals surface area contributed by atoms with Crippen molar-refractivity contribution >= 4 is 11.6 Å². The zero-order valence-electron chi connectivity index (χ0n) is 14.7. The molecule has 0 atom stereocenters. The van der Waals surface area contributed by atoms with Crippen molar-refractivity contribution in [1.82, 2.24) is 15.1 Å². The number of nitriles is 1. The fourth-order valence-corrected chi connectivity index (χ4v) is 2.59. The Kier molecular flexibility index (Phi) is 6.78. The molecule has 1 aliphatic rings. The van der Waals surface area contributed by atoms with Crippen LogP contribution in [0.1, 0.15) is 0 Å². The maximum Gasteiger partial charge on any atom is 0.266 e. The lowest BCUT2D eigenvalue weighted by molar-refractivity contribution is -0.127. The molecule has 0 aliphatic carbocycles. The predicted molar refractivity (Wildman–Crippen MR) is 95.4 cm³/mol. The summed E-state index contributed by atoms with van der Waals surface area (Å²) >= 11 is 0. The second kappa shape index (κ2) is 9.04. The predicted octanol–water partition coefficient (Wildman–Crippen LogP) is 1.03. The molecule has 1 aliphatic heterocycles. The van der Waals surface area contributed by atoms with E-state index in [0.717, 1.165) is 12.2 Å². The minimum absolute atomic E-state index is 0.119. The van der Waals surface area contributed by atoms with Gasteiger partial charge in [-0.15, -0.1) is 0 Å². The van der Waals surface area contributed by atoms with Crippen LogP contribution in [0.4, 0.5) is 10.1 Å². The van der Waals surface area contributed by atoms with Gasteiger partial charge >= 0.3 is 0 Å². The molecule has 0 unspecified atom stereocenters. The summed E-state index contributed by atoms with van der Waals surface area (Å²) in [4.78, 5) is 18.3. The number of amides is 1. The average molecular weight is 345 g/mol. The molecule has 7 heteroatoms.